The van der Waals surface area contributed by atoms with Crippen molar-refractivity contribution >= 4 is 110 Å². The van der Waals surface area contributed by atoms with Gasteiger partial charge in [0, 0.05) is 49.3 Å². The largest absolute Gasteiger partial charge is 0.454 e. The number of nitrogens with zero attached hydrogens (tertiary/aromatic N) is 2. The molecule has 0 atom stereocenters. The maximum Gasteiger partial charge on any atom is 0.159 e. The van der Waals surface area contributed by atoms with Crippen LogP contribution in [0.5, 0.6) is 0 Å². The van der Waals surface area contributed by atoms with Gasteiger partial charge in [-0.05, 0) is 153 Å². The van der Waals surface area contributed by atoms with Crippen LogP contribution >= 0.6 is 0 Å². The summed E-state index contributed by atoms with van der Waals surface area (Å²) in [5.74, 6) is 0. The van der Waals surface area contributed by atoms with E-state index in [-0.39, 0.29) is 16.2 Å². The highest BCUT2D eigenvalue weighted by atomic mass is 16.3. The van der Waals surface area contributed by atoms with E-state index in [2.05, 4.69) is 251 Å². The third-order valence-electron chi connectivity index (χ3n) is 15.4. The van der Waals surface area contributed by atoms with E-state index in [1.54, 1.807) is 0 Å². The topological polar surface area (TPSA) is 32.8 Å². The Balaban J connectivity index is 1.13. The maximum absolute atomic E-state index is 7.29. The van der Waals surface area contributed by atoms with Crippen molar-refractivity contribution in [2.75, 3.05) is 9.80 Å². The van der Waals surface area contributed by atoms with Gasteiger partial charge in [0.2, 0.25) is 0 Å². The first-order valence-corrected chi connectivity index (χ1v) is 25.7. The summed E-state index contributed by atoms with van der Waals surface area (Å²) in [5.41, 5.74) is 18.5. The van der Waals surface area contributed by atoms with Crippen molar-refractivity contribution in [2.24, 2.45) is 0 Å². The maximum atomic E-state index is 7.29. The van der Waals surface area contributed by atoms with E-state index in [1.807, 2.05) is 0 Å². The average molecular weight is 941 g/mol. The van der Waals surface area contributed by atoms with Crippen LogP contribution in [0.25, 0.3) is 76.2 Å². The lowest BCUT2D eigenvalue weighted by Crippen LogP contribution is -2.16. The summed E-state index contributed by atoms with van der Waals surface area (Å²) in [4.78, 5) is 4.92. The molecule has 0 bridgehead atoms. The molecule has 10 aromatic carbocycles. The minimum Gasteiger partial charge on any atom is -0.454 e. The molecule has 0 N–H and O–H groups in total. The lowest BCUT2D eigenvalue weighted by Gasteiger charge is -2.30. The first kappa shape index (κ1) is 45.6. The molecule has 0 saturated carbocycles. The van der Waals surface area contributed by atoms with E-state index in [4.69, 9.17) is 8.83 Å². The molecule has 0 amide bonds. The second-order valence-corrected chi connectivity index (χ2v) is 23.7. The third-order valence-corrected chi connectivity index (χ3v) is 15.4. The predicted octanol–water partition coefficient (Wildman–Crippen LogP) is 20.4. The fourth-order valence-electron chi connectivity index (χ4n) is 11.3. The van der Waals surface area contributed by atoms with Crippen molar-refractivity contribution in [3.05, 3.63) is 191 Å². The zero-order chi connectivity index (χ0) is 50.3. The van der Waals surface area contributed by atoms with Crippen molar-refractivity contribution in [3.8, 4) is 0 Å². The van der Waals surface area contributed by atoms with Gasteiger partial charge in [0.25, 0.3) is 0 Å². The minimum absolute atomic E-state index is 0.00494. The van der Waals surface area contributed by atoms with Gasteiger partial charge in [-0.2, -0.15) is 0 Å². The standard InChI is InChI=1S/C68H64N2O2/c1-39-20-22-41(3)58(34-39)69(56-18-14-16-47-51-36-45(66(5,6)7)28-33-60(51)71-64(47)56)54-31-26-43-25-30-50-55(32-27-44-24-29-49(54)61(43)62(44)50)70(59-35-40(2)21-23-42(59)4)57-19-15-17-48-52-37-46(67(8,9)10)38-53(68(11,12)13)63(52)72-65(48)57/h14-38H,1-13H3. The molecule has 0 aliphatic rings. The van der Waals surface area contributed by atoms with Crippen molar-refractivity contribution in [3.63, 3.8) is 0 Å². The second kappa shape index (κ2) is 16.0. The Morgan fingerprint density at radius 2 is 0.819 bits per heavy atom. The molecule has 0 spiro atoms. The molecule has 0 radical (unpaired) electrons. The number of fused-ring (bicyclic) bond motifs is 6. The van der Waals surface area contributed by atoms with Gasteiger partial charge in [0.15, 0.2) is 11.2 Å². The summed E-state index contributed by atoms with van der Waals surface area (Å²) in [7, 11) is 0. The molecule has 2 aromatic heterocycles. The van der Waals surface area contributed by atoms with Crippen LogP contribution < -0.4 is 9.80 Å². The van der Waals surface area contributed by atoms with E-state index in [0.717, 1.165) is 78.0 Å². The van der Waals surface area contributed by atoms with Crippen LogP contribution in [-0.4, -0.2) is 0 Å². The van der Waals surface area contributed by atoms with Gasteiger partial charge in [-0.3, -0.25) is 0 Å². The van der Waals surface area contributed by atoms with E-state index in [0.29, 0.717) is 0 Å². The minimum atomic E-state index is -0.131. The van der Waals surface area contributed by atoms with Crippen LogP contribution in [0.2, 0.25) is 0 Å². The van der Waals surface area contributed by atoms with Gasteiger partial charge in [0.05, 0.1) is 22.7 Å². The van der Waals surface area contributed by atoms with Gasteiger partial charge >= 0.3 is 0 Å². The highest BCUT2D eigenvalue weighted by Gasteiger charge is 2.30. The third kappa shape index (κ3) is 7.16. The van der Waals surface area contributed by atoms with Crippen molar-refractivity contribution < 1.29 is 8.83 Å². The summed E-state index contributed by atoms with van der Waals surface area (Å²) in [6, 6.07) is 56.9. The molecule has 358 valence electrons. The van der Waals surface area contributed by atoms with Gasteiger partial charge < -0.3 is 18.6 Å². The number of aryl methyl sites for hydroxylation is 4. The van der Waals surface area contributed by atoms with E-state index < -0.39 is 0 Å². The van der Waals surface area contributed by atoms with Gasteiger partial charge in [0.1, 0.15) is 11.2 Å². The number of hydrogen-bond donors (Lipinski definition) is 0. The van der Waals surface area contributed by atoms with Gasteiger partial charge in [-0.1, -0.05) is 159 Å². The molecule has 0 aliphatic heterocycles. The second-order valence-electron chi connectivity index (χ2n) is 23.7. The van der Waals surface area contributed by atoms with E-state index in [1.165, 1.54) is 71.3 Å². The Morgan fingerprint density at radius 1 is 0.333 bits per heavy atom. The van der Waals surface area contributed by atoms with Crippen molar-refractivity contribution in [1.29, 1.82) is 0 Å². The molecule has 72 heavy (non-hydrogen) atoms. The molecule has 0 fully saturated rings. The number of benzene rings is 10. The molecular weight excluding hydrogens is 877 g/mol. The Bertz CT molecular complexity index is 4160. The first-order chi connectivity index (χ1) is 34.2. The molecule has 0 saturated heterocycles. The highest BCUT2D eigenvalue weighted by Crippen LogP contribution is 2.52. The molecule has 2 heterocycles. The fraction of sp³-hybridized carbons (Fsp3) is 0.235. The molecular formula is C68H64N2O2. The number of rotatable bonds is 6. The SMILES string of the molecule is Cc1ccc(C)c(N(c2ccc3ccc4c(N(c5cc(C)ccc5C)c5cccc6c5oc5c(C(C)(C)C)cc(C(C)(C)C)cc56)ccc5ccc2c3c54)c2cccc3c2oc2ccc(C(C)(C)C)cc23)c1. The van der Waals surface area contributed by atoms with Crippen LogP contribution in [0.15, 0.2) is 160 Å². The molecule has 0 aliphatic carbocycles. The van der Waals surface area contributed by atoms with Crippen LogP contribution in [0.3, 0.4) is 0 Å². The van der Waals surface area contributed by atoms with Gasteiger partial charge in [-0.25, -0.2) is 0 Å². The molecule has 4 heteroatoms. The Morgan fingerprint density at radius 3 is 1.33 bits per heavy atom. The van der Waals surface area contributed by atoms with Crippen LogP contribution in [0.1, 0.15) is 101 Å². The average Bonchev–Trinajstić information content (AvgIpc) is 3.92. The Labute approximate surface area is 423 Å². The van der Waals surface area contributed by atoms with E-state index >= 15 is 0 Å². The molecule has 4 nitrogen and oxygen atoms in total. The Kier molecular flexibility index (Phi) is 10.1. The summed E-state index contributed by atoms with van der Waals surface area (Å²) >= 11 is 0. The zero-order valence-electron chi connectivity index (χ0n) is 44.1. The monoisotopic (exact) mass is 940 g/mol. The first-order valence-electron chi connectivity index (χ1n) is 25.7. The number of anilines is 6. The predicted molar refractivity (Wildman–Crippen MR) is 309 cm³/mol. The smallest absolute Gasteiger partial charge is 0.159 e. The zero-order valence-corrected chi connectivity index (χ0v) is 44.1. The van der Waals surface area contributed by atoms with Crippen LogP contribution in [0, 0.1) is 27.7 Å². The quantitative estimate of drug-likeness (QED) is 0.156. The molecule has 12 aromatic rings. The highest BCUT2D eigenvalue weighted by molar-refractivity contribution is 6.29. The normalized spacial score (nSPS) is 12.8. The van der Waals surface area contributed by atoms with Crippen molar-refractivity contribution in [2.45, 2.75) is 106 Å². The lowest BCUT2D eigenvalue weighted by molar-refractivity contribution is 0.559. The Hall–Kier alpha value is -7.56. The summed E-state index contributed by atoms with van der Waals surface area (Å²) in [6.45, 7) is 29.4. The van der Waals surface area contributed by atoms with Crippen LogP contribution in [-0.2, 0) is 16.2 Å². The lowest BCUT2D eigenvalue weighted by atomic mass is 9.79. The number of furan rings is 2. The number of para-hydroxylation sites is 2. The number of hydrogen-bond acceptors (Lipinski definition) is 4. The summed E-state index contributed by atoms with van der Waals surface area (Å²) < 4.78 is 14.2. The molecule has 12 rings (SSSR count). The van der Waals surface area contributed by atoms with E-state index in [9.17, 15) is 0 Å². The fourth-order valence-corrected chi connectivity index (χ4v) is 11.3. The van der Waals surface area contributed by atoms with Gasteiger partial charge in [-0.15, -0.1) is 0 Å². The summed E-state index contributed by atoms with van der Waals surface area (Å²) in [6.07, 6.45) is 0. The van der Waals surface area contributed by atoms with Crippen LogP contribution in [0.4, 0.5) is 34.1 Å². The molecule has 0 unspecified atom stereocenters. The summed E-state index contributed by atoms with van der Waals surface area (Å²) in [5, 5.41) is 11.8. The van der Waals surface area contributed by atoms with Crippen molar-refractivity contribution in [1.82, 2.24) is 0 Å².